The van der Waals surface area contributed by atoms with E-state index in [1.807, 2.05) is 12.1 Å². The van der Waals surface area contributed by atoms with Gasteiger partial charge in [0.25, 0.3) is 0 Å². The molecule has 0 radical (unpaired) electrons. The first kappa shape index (κ1) is 11.6. The van der Waals surface area contributed by atoms with E-state index in [1.54, 1.807) is 18.2 Å². The zero-order chi connectivity index (χ0) is 12.6. The third-order valence-electron chi connectivity index (χ3n) is 2.70. The summed E-state index contributed by atoms with van der Waals surface area (Å²) in [5, 5.41) is 9.77. The van der Waals surface area contributed by atoms with E-state index >= 15 is 0 Å². The van der Waals surface area contributed by atoms with Gasteiger partial charge >= 0.3 is 5.97 Å². The van der Waals surface area contributed by atoms with Crippen LogP contribution in [0, 0.1) is 0 Å². The van der Waals surface area contributed by atoms with Crippen LogP contribution in [0.3, 0.4) is 0 Å². The highest BCUT2D eigenvalue weighted by Crippen LogP contribution is 2.23. The molecule has 1 aromatic carbocycles. The van der Waals surface area contributed by atoms with E-state index in [-0.39, 0.29) is 5.41 Å². The molecule has 0 amide bonds. The van der Waals surface area contributed by atoms with E-state index in [9.17, 15) is 4.79 Å². The summed E-state index contributed by atoms with van der Waals surface area (Å²) in [6.07, 6.45) is 0. The van der Waals surface area contributed by atoms with Crippen LogP contribution in [0.2, 0.25) is 0 Å². The predicted molar refractivity (Wildman–Crippen MR) is 67.4 cm³/mol. The Morgan fingerprint density at radius 2 is 1.88 bits per heavy atom. The van der Waals surface area contributed by atoms with Gasteiger partial charge in [0, 0.05) is 16.5 Å². The minimum atomic E-state index is -0.910. The molecule has 3 heteroatoms. The van der Waals surface area contributed by atoms with Crippen molar-refractivity contribution in [2.24, 2.45) is 0 Å². The fourth-order valence-corrected chi connectivity index (χ4v) is 1.68. The van der Waals surface area contributed by atoms with Crippen molar-refractivity contribution in [2.45, 2.75) is 26.2 Å². The molecule has 1 heterocycles. The number of carboxylic acid groups (broad SMARTS) is 1. The lowest BCUT2D eigenvalue weighted by Gasteiger charge is -2.17. The third-order valence-corrected chi connectivity index (χ3v) is 2.70. The SMILES string of the molecule is CC(C)(C)c1ccc2cc(C(=O)O)ccc2n1. The van der Waals surface area contributed by atoms with Crippen LogP contribution >= 0.6 is 0 Å². The van der Waals surface area contributed by atoms with Crippen molar-refractivity contribution in [1.82, 2.24) is 4.98 Å². The lowest BCUT2D eigenvalue weighted by atomic mass is 9.91. The number of rotatable bonds is 1. The van der Waals surface area contributed by atoms with E-state index in [1.165, 1.54) is 0 Å². The molecule has 1 N–H and O–H groups in total. The maximum Gasteiger partial charge on any atom is 0.335 e. The molecule has 1 aromatic heterocycles. The Morgan fingerprint density at radius 3 is 2.47 bits per heavy atom. The number of nitrogens with zero attached hydrogens (tertiary/aromatic N) is 1. The van der Waals surface area contributed by atoms with Gasteiger partial charge < -0.3 is 5.11 Å². The second-order valence-electron chi connectivity index (χ2n) is 5.16. The Morgan fingerprint density at radius 1 is 1.18 bits per heavy atom. The number of aromatic nitrogens is 1. The van der Waals surface area contributed by atoms with E-state index < -0.39 is 5.97 Å². The number of carbonyl (C=O) groups is 1. The smallest absolute Gasteiger partial charge is 0.335 e. The van der Waals surface area contributed by atoms with Crippen LogP contribution in [0.5, 0.6) is 0 Å². The minimum absolute atomic E-state index is 0.000338. The molecule has 0 aliphatic carbocycles. The number of benzene rings is 1. The molecule has 2 aromatic rings. The van der Waals surface area contributed by atoms with Crippen molar-refractivity contribution < 1.29 is 9.90 Å². The monoisotopic (exact) mass is 229 g/mol. The summed E-state index contributed by atoms with van der Waals surface area (Å²) in [5.74, 6) is -0.910. The van der Waals surface area contributed by atoms with Gasteiger partial charge in [-0.3, -0.25) is 4.98 Å². The fourth-order valence-electron chi connectivity index (χ4n) is 1.68. The maximum atomic E-state index is 10.9. The maximum absolute atomic E-state index is 10.9. The van der Waals surface area contributed by atoms with Crippen LogP contribution in [0.1, 0.15) is 36.8 Å². The first-order chi connectivity index (χ1) is 7.88. The van der Waals surface area contributed by atoms with Gasteiger partial charge in [-0.15, -0.1) is 0 Å². The Labute approximate surface area is 100 Å². The zero-order valence-corrected chi connectivity index (χ0v) is 10.2. The van der Waals surface area contributed by atoms with Crippen LogP contribution in [-0.2, 0) is 5.41 Å². The first-order valence-electron chi connectivity index (χ1n) is 5.52. The standard InChI is InChI=1S/C14H15NO2/c1-14(2,3)12-7-5-9-8-10(13(16)17)4-6-11(9)15-12/h4-8H,1-3H3,(H,16,17). The summed E-state index contributed by atoms with van der Waals surface area (Å²) in [5.41, 5.74) is 2.14. The second-order valence-corrected chi connectivity index (χ2v) is 5.16. The fraction of sp³-hybridized carbons (Fsp3) is 0.286. The molecule has 0 bridgehead atoms. The molecule has 0 spiro atoms. The second kappa shape index (κ2) is 3.84. The average Bonchev–Trinajstić information content (AvgIpc) is 2.26. The highest BCUT2D eigenvalue weighted by Gasteiger charge is 2.15. The molecule has 88 valence electrons. The van der Waals surface area contributed by atoms with Crippen LogP contribution in [0.25, 0.3) is 10.9 Å². The third kappa shape index (κ3) is 2.28. The summed E-state index contributed by atoms with van der Waals surface area (Å²) in [6.45, 7) is 6.31. The minimum Gasteiger partial charge on any atom is -0.478 e. The van der Waals surface area contributed by atoms with Crippen molar-refractivity contribution in [3.8, 4) is 0 Å². The molecular weight excluding hydrogens is 214 g/mol. The van der Waals surface area contributed by atoms with Gasteiger partial charge in [-0.1, -0.05) is 26.8 Å². The van der Waals surface area contributed by atoms with Crippen LogP contribution in [0.4, 0.5) is 0 Å². The van der Waals surface area contributed by atoms with Gasteiger partial charge in [-0.05, 0) is 24.3 Å². The number of fused-ring (bicyclic) bond motifs is 1. The lowest BCUT2D eigenvalue weighted by Crippen LogP contribution is -2.13. The number of carboxylic acids is 1. The highest BCUT2D eigenvalue weighted by atomic mass is 16.4. The Balaban J connectivity index is 2.58. The topological polar surface area (TPSA) is 50.2 Å². The zero-order valence-electron chi connectivity index (χ0n) is 10.2. The Hall–Kier alpha value is -1.90. The molecule has 0 saturated heterocycles. The van der Waals surface area contributed by atoms with E-state index in [2.05, 4.69) is 25.8 Å². The van der Waals surface area contributed by atoms with Crippen molar-refractivity contribution >= 4 is 16.9 Å². The predicted octanol–water partition coefficient (Wildman–Crippen LogP) is 3.23. The summed E-state index contributed by atoms with van der Waals surface area (Å²) in [7, 11) is 0. The number of hydrogen-bond acceptors (Lipinski definition) is 2. The number of aromatic carboxylic acids is 1. The van der Waals surface area contributed by atoms with Crippen molar-refractivity contribution in [2.75, 3.05) is 0 Å². The first-order valence-corrected chi connectivity index (χ1v) is 5.52. The molecule has 0 atom stereocenters. The molecular formula is C14H15NO2. The van der Waals surface area contributed by atoms with Gasteiger partial charge in [0.15, 0.2) is 0 Å². The molecule has 0 unspecified atom stereocenters. The summed E-state index contributed by atoms with van der Waals surface area (Å²) >= 11 is 0. The lowest BCUT2D eigenvalue weighted by molar-refractivity contribution is 0.0697. The molecule has 0 aliphatic heterocycles. The molecule has 0 fully saturated rings. The largest absolute Gasteiger partial charge is 0.478 e. The molecule has 0 saturated carbocycles. The van der Waals surface area contributed by atoms with Crippen LogP contribution in [0.15, 0.2) is 30.3 Å². The van der Waals surface area contributed by atoms with Crippen molar-refractivity contribution in [1.29, 1.82) is 0 Å². The van der Waals surface area contributed by atoms with Gasteiger partial charge in [-0.25, -0.2) is 4.79 Å². The van der Waals surface area contributed by atoms with Gasteiger partial charge in [0.1, 0.15) is 0 Å². The molecule has 3 nitrogen and oxygen atoms in total. The van der Waals surface area contributed by atoms with Crippen molar-refractivity contribution in [3.05, 3.63) is 41.6 Å². The summed E-state index contributed by atoms with van der Waals surface area (Å²) in [6, 6.07) is 8.87. The molecule has 0 aliphatic rings. The van der Waals surface area contributed by atoms with E-state index in [4.69, 9.17) is 5.11 Å². The highest BCUT2D eigenvalue weighted by molar-refractivity contribution is 5.93. The van der Waals surface area contributed by atoms with E-state index in [0.29, 0.717) is 5.56 Å². The summed E-state index contributed by atoms with van der Waals surface area (Å²) in [4.78, 5) is 15.4. The quantitative estimate of drug-likeness (QED) is 0.816. The molecule has 2 rings (SSSR count). The van der Waals surface area contributed by atoms with Crippen LogP contribution < -0.4 is 0 Å². The molecule has 17 heavy (non-hydrogen) atoms. The van der Waals surface area contributed by atoms with Crippen molar-refractivity contribution in [3.63, 3.8) is 0 Å². The van der Waals surface area contributed by atoms with Gasteiger partial charge in [0.05, 0.1) is 11.1 Å². The Bertz CT molecular complexity index is 582. The Kier molecular flexibility index (Phi) is 2.62. The normalized spacial score (nSPS) is 11.7. The van der Waals surface area contributed by atoms with Gasteiger partial charge in [0.2, 0.25) is 0 Å². The van der Waals surface area contributed by atoms with E-state index in [0.717, 1.165) is 16.6 Å². The van der Waals surface area contributed by atoms with Crippen LogP contribution in [-0.4, -0.2) is 16.1 Å². The van der Waals surface area contributed by atoms with Gasteiger partial charge in [-0.2, -0.15) is 0 Å². The average molecular weight is 229 g/mol. The number of hydrogen-bond donors (Lipinski definition) is 1. The number of pyridine rings is 1. The summed E-state index contributed by atoms with van der Waals surface area (Å²) < 4.78 is 0.